The van der Waals surface area contributed by atoms with E-state index in [1.807, 2.05) is 37.3 Å². The molecule has 1 aliphatic rings. The van der Waals surface area contributed by atoms with Gasteiger partial charge in [0.25, 0.3) is 0 Å². The second-order valence-electron chi connectivity index (χ2n) is 6.19. The fourth-order valence-corrected chi connectivity index (χ4v) is 4.67. The van der Waals surface area contributed by atoms with Crippen molar-refractivity contribution in [2.45, 2.75) is 30.8 Å². The Morgan fingerprint density at radius 1 is 1.12 bits per heavy atom. The standard InChI is InChI=1S/C19H23NO4S/c1-15-13-18(10-11-19(15)23-2)25(21,22)20-12-6-9-17(14-20)24-16-7-4-3-5-8-16/h3-5,7-8,10-11,13,17H,6,9,12,14H2,1-2H3. The van der Waals surface area contributed by atoms with Crippen molar-refractivity contribution in [3.8, 4) is 11.5 Å². The molecule has 1 heterocycles. The number of piperidine rings is 1. The van der Waals surface area contributed by atoms with Crippen LogP contribution in [-0.2, 0) is 10.0 Å². The van der Waals surface area contributed by atoms with Crippen LogP contribution < -0.4 is 9.47 Å². The summed E-state index contributed by atoms with van der Waals surface area (Å²) in [5.74, 6) is 1.45. The molecule has 0 radical (unpaired) electrons. The molecule has 0 spiro atoms. The van der Waals surface area contributed by atoms with Crippen LogP contribution in [0.4, 0.5) is 0 Å². The first-order valence-electron chi connectivity index (χ1n) is 8.37. The Bertz CT molecular complexity index is 821. The van der Waals surface area contributed by atoms with Crippen LogP contribution >= 0.6 is 0 Å². The molecule has 1 saturated heterocycles. The molecule has 1 unspecified atom stereocenters. The zero-order valence-electron chi connectivity index (χ0n) is 14.5. The molecule has 0 N–H and O–H groups in total. The first kappa shape index (κ1) is 17.8. The monoisotopic (exact) mass is 361 g/mol. The predicted octanol–water partition coefficient (Wildman–Crippen LogP) is 3.24. The third-order valence-electron chi connectivity index (χ3n) is 4.39. The van der Waals surface area contributed by atoms with E-state index < -0.39 is 10.0 Å². The summed E-state index contributed by atoms with van der Waals surface area (Å²) < 4.78 is 38.6. The van der Waals surface area contributed by atoms with Crippen molar-refractivity contribution in [1.82, 2.24) is 4.31 Å². The van der Waals surface area contributed by atoms with E-state index in [4.69, 9.17) is 9.47 Å². The molecule has 0 aromatic heterocycles. The number of sulfonamides is 1. The number of aryl methyl sites for hydroxylation is 1. The van der Waals surface area contributed by atoms with Crippen LogP contribution in [0.15, 0.2) is 53.4 Å². The minimum atomic E-state index is -3.54. The van der Waals surface area contributed by atoms with E-state index in [2.05, 4.69) is 0 Å². The number of ether oxygens (including phenoxy) is 2. The maximum Gasteiger partial charge on any atom is 0.243 e. The van der Waals surface area contributed by atoms with Gasteiger partial charge in [0, 0.05) is 6.54 Å². The molecular weight excluding hydrogens is 338 g/mol. The average molecular weight is 361 g/mol. The van der Waals surface area contributed by atoms with Crippen LogP contribution in [0.2, 0.25) is 0 Å². The first-order valence-corrected chi connectivity index (χ1v) is 9.81. The SMILES string of the molecule is COc1ccc(S(=O)(=O)N2CCCC(Oc3ccccc3)C2)cc1C. The molecule has 0 bridgehead atoms. The van der Waals surface area contributed by atoms with Crippen LogP contribution in [0.3, 0.4) is 0 Å². The molecule has 6 heteroatoms. The zero-order chi connectivity index (χ0) is 17.9. The number of benzene rings is 2. The number of methoxy groups -OCH3 is 1. The Balaban J connectivity index is 1.76. The second-order valence-corrected chi connectivity index (χ2v) is 8.13. The molecule has 134 valence electrons. The molecule has 2 aromatic rings. The first-order chi connectivity index (χ1) is 12.0. The molecular formula is C19H23NO4S. The number of nitrogens with zero attached hydrogens (tertiary/aromatic N) is 1. The van der Waals surface area contributed by atoms with E-state index in [-0.39, 0.29) is 6.10 Å². The van der Waals surface area contributed by atoms with Gasteiger partial charge < -0.3 is 9.47 Å². The van der Waals surface area contributed by atoms with E-state index >= 15 is 0 Å². The van der Waals surface area contributed by atoms with Crippen LogP contribution in [0.25, 0.3) is 0 Å². The molecule has 0 saturated carbocycles. The summed E-state index contributed by atoms with van der Waals surface area (Å²) in [5.41, 5.74) is 0.803. The van der Waals surface area contributed by atoms with Gasteiger partial charge in [-0.15, -0.1) is 0 Å². The van der Waals surface area contributed by atoms with Crippen molar-refractivity contribution in [2.24, 2.45) is 0 Å². The van der Waals surface area contributed by atoms with Gasteiger partial charge in [-0.1, -0.05) is 18.2 Å². The highest BCUT2D eigenvalue weighted by Crippen LogP contribution is 2.26. The molecule has 1 aliphatic heterocycles. The van der Waals surface area contributed by atoms with E-state index in [1.165, 1.54) is 4.31 Å². The quantitative estimate of drug-likeness (QED) is 0.820. The summed E-state index contributed by atoms with van der Waals surface area (Å²) in [6, 6.07) is 14.5. The number of para-hydroxylation sites is 1. The van der Waals surface area contributed by atoms with Gasteiger partial charge in [-0.2, -0.15) is 4.31 Å². The molecule has 2 aromatic carbocycles. The highest BCUT2D eigenvalue weighted by Gasteiger charge is 2.31. The van der Waals surface area contributed by atoms with Crippen molar-refractivity contribution < 1.29 is 17.9 Å². The lowest BCUT2D eigenvalue weighted by Gasteiger charge is -2.32. The lowest BCUT2D eigenvalue weighted by molar-refractivity contribution is 0.130. The average Bonchev–Trinajstić information content (AvgIpc) is 2.62. The van der Waals surface area contributed by atoms with Crippen LogP contribution in [0.5, 0.6) is 11.5 Å². The van der Waals surface area contributed by atoms with E-state index in [9.17, 15) is 8.42 Å². The number of hydrogen-bond acceptors (Lipinski definition) is 4. The third-order valence-corrected chi connectivity index (χ3v) is 6.25. The van der Waals surface area contributed by atoms with Crippen molar-refractivity contribution in [1.29, 1.82) is 0 Å². The van der Waals surface area contributed by atoms with Crippen LogP contribution in [-0.4, -0.2) is 39.0 Å². The minimum Gasteiger partial charge on any atom is -0.496 e. The zero-order valence-corrected chi connectivity index (χ0v) is 15.3. The Morgan fingerprint density at radius 2 is 1.88 bits per heavy atom. The highest BCUT2D eigenvalue weighted by molar-refractivity contribution is 7.89. The van der Waals surface area contributed by atoms with Gasteiger partial charge >= 0.3 is 0 Å². The Hall–Kier alpha value is -2.05. The van der Waals surface area contributed by atoms with Crippen LogP contribution in [0, 0.1) is 6.92 Å². The molecule has 0 aliphatic carbocycles. The van der Waals surface area contributed by atoms with E-state index in [1.54, 1.807) is 25.3 Å². The normalized spacial score (nSPS) is 18.7. The predicted molar refractivity (Wildman–Crippen MR) is 96.6 cm³/mol. The fourth-order valence-electron chi connectivity index (χ4n) is 3.07. The van der Waals surface area contributed by atoms with Gasteiger partial charge in [0.15, 0.2) is 0 Å². The Morgan fingerprint density at radius 3 is 2.56 bits per heavy atom. The molecule has 1 atom stereocenters. The van der Waals surface area contributed by atoms with Crippen molar-refractivity contribution >= 4 is 10.0 Å². The highest BCUT2D eigenvalue weighted by atomic mass is 32.2. The summed E-state index contributed by atoms with van der Waals surface area (Å²) in [4.78, 5) is 0.297. The maximum absolute atomic E-state index is 13.0. The van der Waals surface area contributed by atoms with Crippen molar-refractivity contribution in [3.05, 3.63) is 54.1 Å². The largest absolute Gasteiger partial charge is 0.496 e. The van der Waals surface area contributed by atoms with Gasteiger partial charge in [-0.25, -0.2) is 8.42 Å². The summed E-state index contributed by atoms with van der Waals surface area (Å²) in [7, 11) is -1.96. The van der Waals surface area contributed by atoms with Gasteiger partial charge in [0.05, 0.1) is 18.6 Å². The maximum atomic E-state index is 13.0. The second kappa shape index (κ2) is 7.45. The minimum absolute atomic E-state index is 0.134. The van der Waals surface area contributed by atoms with Gasteiger partial charge in [-0.3, -0.25) is 0 Å². The Kier molecular flexibility index (Phi) is 5.30. The topological polar surface area (TPSA) is 55.8 Å². The van der Waals surface area contributed by atoms with Crippen molar-refractivity contribution in [3.63, 3.8) is 0 Å². The lowest BCUT2D eigenvalue weighted by atomic mass is 10.1. The number of rotatable bonds is 5. The Labute approximate surface area is 149 Å². The summed E-state index contributed by atoms with van der Waals surface area (Å²) in [6.07, 6.45) is 1.50. The van der Waals surface area contributed by atoms with Crippen LogP contribution in [0.1, 0.15) is 18.4 Å². The third kappa shape index (κ3) is 3.96. The van der Waals surface area contributed by atoms with Gasteiger partial charge in [0.2, 0.25) is 10.0 Å². The lowest BCUT2D eigenvalue weighted by Crippen LogP contribution is -2.44. The smallest absolute Gasteiger partial charge is 0.243 e. The summed E-state index contributed by atoms with van der Waals surface area (Å²) in [6.45, 7) is 2.72. The van der Waals surface area contributed by atoms with Crippen molar-refractivity contribution in [2.75, 3.05) is 20.2 Å². The summed E-state index contributed by atoms with van der Waals surface area (Å²) >= 11 is 0. The molecule has 5 nitrogen and oxygen atoms in total. The van der Waals surface area contributed by atoms with E-state index in [0.29, 0.717) is 23.7 Å². The fraction of sp³-hybridized carbons (Fsp3) is 0.368. The van der Waals surface area contributed by atoms with Gasteiger partial charge in [-0.05, 0) is 55.7 Å². The molecule has 25 heavy (non-hydrogen) atoms. The van der Waals surface area contributed by atoms with E-state index in [0.717, 1.165) is 24.2 Å². The van der Waals surface area contributed by atoms with Gasteiger partial charge in [0.1, 0.15) is 17.6 Å². The molecule has 1 fully saturated rings. The number of hydrogen-bond donors (Lipinski definition) is 0. The summed E-state index contributed by atoms with van der Waals surface area (Å²) in [5, 5.41) is 0. The molecule has 3 rings (SSSR count). The molecule has 0 amide bonds.